The van der Waals surface area contributed by atoms with Crippen molar-refractivity contribution in [1.29, 1.82) is 0 Å². The van der Waals surface area contributed by atoms with Gasteiger partial charge >= 0.3 is 0 Å². The van der Waals surface area contributed by atoms with Gasteiger partial charge in [-0.05, 0) is 166 Å². The molecule has 0 saturated heterocycles. The van der Waals surface area contributed by atoms with Gasteiger partial charge in [0.2, 0.25) is 0 Å². The number of fused-ring (bicyclic) bond motifs is 20. The maximum atomic E-state index is 5.26. The summed E-state index contributed by atoms with van der Waals surface area (Å²) in [5.74, 6) is 4.01. The molecule has 0 bridgehead atoms. The molecule has 6 heterocycles. The Bertz CT molecular complexity index is 7780. The molecular weight excluding hydrogens is 1410 g/mol. The van der Waals surface area contributed by atoms with Crippen molar-refractivity contribution in [2.45, 2.75) is 0 Å². The minimum absolute atomic E-state index is 0.663. The van der Waals surface area contributed by atoms with E-state index >= 15 is 0 Å². The summed E-state index contributed by atoms with van der Waals surface area (Å²) in [6.07, 6.45) is 0. The Morgan fingerprint density at radius 3 is 1.18 bits per heavy atom. The second-order valence-electron chi connectivity index (χ2n) is 28.3. The first-order valence-electron chi connectivity index (χ1n) is 36.9. The number of thiophene rings is 4. The highest BCUT2D eigenvalue weighted by molar-refractivity contribution is 7.27. The number of hydrogen-bond donors (Lipinski definition) is 0. The smallest absolute Gasteiger partial charge is 0.164 e. The molecule has 24 rings (SSSR count). The van der Waals surface area contributed by atoms with Crippen molar-refractivity contribution in [3.05, 3.63) is 340 Å². The highest BCUT2D eigenvalue weighted by Crippen LogP contribution is 2.51. The lowest BCUT2D eigenvalue weighted by Gasteiger charge is -2.11. The van der Waals surface area contributed by atoms with E-state index in [1.807, 2.05) is 70.4 Å². The molecule has 0 aliphatic heterocycles. The molecule has 6 aromatic heterocycles. The molecule has 0 N–H and O–H groups in total. The number of aromatic nitrogens is 6. The van der Waals surface area contributed by atoms with E-state index in [4.69, 9.17) is 29.9 Å². The second kappa shape index (κ2) is 25.1. The van der Waals surface area contributed by atoms with E-state index in [2.05, 4.69) is 303 Å². The maximum absolute atomic E-state index is 5.26. The average molecular weight is 1470 g/mol. The van der Waals surface area contributed by atoms with Gasteiger partial charge in [0.1, 0.15) is 0 Å². The van der Waals surface area contributed by atoms with Crippen molar-refractivity contribution >= 4 is 169 Å². The predicted molar refractivity (Wildman–Crippen MR) is 469 cm³/mol. The Hall–Kier alpha value is -13.3. The summed E-state index contributed by atoms with van der Waals surface area (Å²) >= 11 is 7.26. The average Bonchev–Trinajstić information content (AvgIpc) is 1.62. The first-order chi connectivity index (χ1) is 54.5. The van der Waals surface area contributed by atoms with Crippen LogP contribution in [0, 0.1) is 0 Å². The summed E-state index contributed by atoms with van der Waals surface area (Å²) in [5.41, 5.74) is 16.0. The van der Waals surface area contributed by atoms with Crippen molar-refractivity contribution in [2.24, 2.45) is 0 Å². The fourth-order valence-corrected chi connectivity index (χ4v) is 21.3. The van der Waals surface area contributed by atoms with Gasteiger partial charge in [0.05, 0.1) is 0 Å². The van der Waals surface area contributed by atoms with Crippen molar-refractivity contribution < 1.29 is 0 Å². The lowest BCUT2D eigenvalue weighted by atomic mass is 9.93. The van der Waals surface area contributed by atoms with Gasteiger partial charge in [0.25, 0.3) is 0 Å². The molecule has 0 amide bonds. The summed E-state index contributed by atoms with van der Waals surface area (Å²) < 4.78 is 9.94. The van der Waals surface area contributed by atoms with Crippen LogP contribution in [0.3, 0.4) is 0 Å². The zero-order valence-corrected chi connectivity index (χ0v) is 61.9. The zero-order valence-electron chi connectivity index (χ0n) is 58.6. The summed E-state index contributed by atoms with van der Waals surface area (Å²) in [4.78, 5) is 31.1. The lowest BCUT2D eigenvalue weighted by Crippen LogP contribution is -2.00. The van der Waals surface area contributed by atoms with Gasteiger partial charge in [-0.2, -0.15) is 0 Å². The van der Waals surface area contributed by atoms with E-state index in [-0.39, 0.29) is 0 Å². The summed E-state index contributed by atoms with van der Waals surface area (Å²) in [5, 5.41) is 20.0. The van der Waals surface area contributed by atoms with E-state index in [0.29, 0.717) is 34.9 Å². The molecule has 0 unspecified atom stereocenters. The van der Waals surface area contributed by atoms with E-state index in [9.17, 15) is 0 Å². The molecule has 6 nitrogen and oxygen atoms in total. The Morgan fingerprint density at radius 1 is 0.145 bits per heavy atom. The van der Waals surface area contributed by atoms with Crippen LogP contribution in [-0.2, 0) is 0 Å². The van der Waals surface area contributed by atoms with Gasteiger partial charge in [0.15, 0.2) is 34.9 Å². The van der Waals surface area contributed by atoms with Gasteiger partial charge in [-0.3, -0.25) is 0 Å². The van der Waals surface area contributed by atoms with Crippen LogP contribution < -0.4 is 0 Å². The van der Waals surface area contributed by atoms with E-state index in [1.165, 1.54) is 168 Å². The van der Waals surface area contributed by atoms with Gasteiger partial charge < -0.3 is 0 Å². The van der Waals surface area contributed by atoms with Crippen LogP contribution >= 0.6 is 45.3 Å². The molecule has 0 saturated carbocycles. The highest BCUT2D eigenvalue weighted by atomic mass is 32.1. The minimum atomic E-state index is 0.663. The van der Waals surface area contributed by atoms with Crippen LogP contribution in [0.4, 0.5) is 0 Å². The van der Waals surface area contributed by atoms with E-state index < -0.39 is 0 Å². The Balaban J connectivity index is 0.000000132. The van der Waals surface area contributed by atoms with Crippen LogP contribution in [0.25, 0.3) is 237 Å². The number of nitrogens with zero attached hydrogens (tertiary/aromatic N) is 6. The monoisotopic (exact) mass is 1470 g/mol. The fraction of sp³-hybridized carbons (Fsp3) is 0. The third-order valence-corrected chi connectivity index (χ3v) is 26.6. The molecule has 0 fully saturated rings. The predicted octanol–water partition coefficient (Wildman–Crippen LogP) is 28.8. The van der Waals surface area contributed by atoms with Crippen molar-refractivity contribution in [2.75, 3.05) is 0 Å². The van der Waals surface area contributed by atoms with E-state index in [1.54, 1.807) is 11.3 Å². The Morgan fingerprint density at radius 2 is 0.518 bits per heavy atom. The van der Waals surface area contributed by atoms with Gasteiger partial charge in [-0.15, -0.1) is 45.3 Å². The minimum Gasteiger partial charge on any atom is -0.208 e. The van der Waals surface area contributed by atoms with Crippen molar-refractivity contribution in [1.82, 2.24) is 29.9 Å². The molecule has 0 atom stereocenters. The SMILES string of the molecule is c1ccc(-c2nc(-c3ccc4c(c3)sc3ccccc34)nc(-c3cccc4sc5ccc(-c6ccc7c(ccc8c9ccccc9ccc78)c6)cc5c34)n2)cc1.c1ccc(-c2nc(-c3ccc4sc5ccccc5c4c3)nc(-c3cccc4sc5ccc(-c6ccc7c8c(cccc68)-c6ccccc6-7)cc5c34)n2)cc1. The number of benzene rings is 17. The molecular formula is C100H56N6S4. The molecule has 0 spiro atoms. The largest absolute Gasteiger partial charge is 0.208 e. The Kier molecular flexibility index (Phi) is 14.4. The summed E-state index contributed by atoms with van der Waals surface area (Å²) in [6.45, 7) is 0. The molecule has 110 heavy (non-hydrogen) atoms. The number of hydrogen-bond acceptors (Lipinski definition) is 10. The molecule has 1 aliphatic rings. The quantitative estimate of drug-likeness (QED) is 0.141. The van der Waals surface area contributed by atoms with Crippen molar-refractivity contribution in [3.8, 4) is 113 Å². The number of rotatable bonds is 8. The molecule has 0 radical (unpaired) electrons. The molecule has 23 aromatic rings. The third kappa shape index (κ3) is 10.3. The Labute approximate surface area is 646 Å². The maximum Gasteiger partial charge on any atom is 0.164 e. The molecule has 17 aromatic carbocycles. The standard InChI is InChI=1S/C51H29N3S2.C49H27N3S2/c1-2-10-31(11-3-1)49-52-50(35-20-25-41-40-13-6-7-15-44(40)56-47(41)29-35)54-51(53-49)42-14-8-16-46-48(42)43-28-33(21-26-45(43)55-46)32-18-22-37-34(27-32)19-24-38-36-12-5-4-9-30(36)17-23-39(37)38;1-2-10-28(11-3-1)47-50-48(30-21-25-42-39(27-30)34-14-6-7-18-41(34)53-42)52-49(51-47)38-17-9-19-44-46(38)40-26-29(20-24-43(40)54-44)31-22-23-37-33-13-5-4-12-32(33)36-16-8-15-35(31)45(36)37/h1-29H;1-27H. The lowest BCUT2D eigenvalue weighted by molar-refractivity contribution is 1.08. The molecule has 510 valence electrons. The molecule has 1 aliphatic carbocycles. The van der Waals surface area contributed by atoms with Crippen LogP contribution in [0.1, 0.15) is 0 Å². The van der Waals surface area contributed by atoms with Gasteiger partial charge in [-0.1, -0.05) is 261 Å². The highest BCUT2D eigenvalue weighted by Gasteiger charge is 2.25. The molecule has 10 heteroatoms. The van der Waals surface area contributed by atoms with Crippen LogP contribution in [0.5, 0.6) is 0 Å². The fourth-order valence-electron chi connectivity index (χ4n) is 16.9. The first kappa shape index (κ1) is 62.8. The topological polar surface area (TPSA) is 77.3 Å². The van der Waals surface area contributed by atoms with Crippen LogP contribution in [0.2, 0.25) is 0 Å². The normalized spacial score (nSPS) is 12.0. The van der Waals surface area contributed by atoms with Crippen LogP contribution in [0.15, 0.2) is 340 Å². The first-order valence-corrected chi connectivity index (χ1v) is 40.1. The third-order valence-electron chi connectivity index (χ3n) is 22.0. The van der Waals surface area contributed by atoms with Crippen LogP contribution in [-0.4, -0.2) is 29.9 Å². The second-order valence-corrected chi connectivity index (χ2v) is 32.6. The summed E-state index contributed by atoms with van der Waals surface area (Å²) in [7, 11) is 0. The zero-order chi connectivity index (χ0) is 72.1. The summed E-state index contributed by atoms with van der Waals surface area (Å²) in [6, 6.07) is 122. The van der Waals surface area contributed by atoms with E-state index in [0.717, 1.165) is 33.4 Å². The van der Waals surface area contributed by atoms with Gasteiger partial charge in [0, 0.05) is 114 Å². The van der Waals surface area contributed by atoms with Gasteiger partial charge in [-0.25, -0.2) is 29.9 Å². The van der Waals surface area contributed by atoms with Crippen molar-refractivity contribution in [3.63, 3.8) is 0 Å².